The lowest BCUT2D eigenvalue weighted by atomic mass is 10.1. The van der Waals surface area contributed by atoms with Gasteiger partial charge in [-0.2, -0.15) is 0 Å². The number of benzene rings is 2. The average molecular weight is 480 g/mol. The van der Waals surface area contributed by atoms with Crippen LogP contribution in [-0.4, -0.2) is 35.3 Å². The molecule has 0 aliphatic heterocycles. The third-order valence-corrected chi connectivity index (χ3v) is 7.71. The van der Waals surface area contributed by atoms with Gasteiger partial charge >= 0.3 is 0 Å². The fraction of sp³-hybridized carbons (Fsp3) is 0.407. The van der Waals surface area contributed by atoms with Crippen LogP contribution in [0.4, 0.5) is 0 Å². The molecule has 6 nitrogen and oxygen atoms in total. The zero-order chi connectivity index (χ0) is 24.3. The van der Waals surface area contributed by atoms with Crippen molar-refractivity contribution in [3.8, 4) is 0 Å². The van der Waals surface area contributed by atoms with Gasteiger partial charge in [-0.25, -0.2) is 13.4 Å². The van der Waals surface area contributed by atoms with Gasteiger partial charge in [-0.1, -0.05) is 62.4 Å². The topological polar surface area (TPSA) is 72.3 Å². The molecule has 180 valence electrons. The molecule has 0 atom stereocenters. The maximum absolute atomic E-state index is 13.5. The molecule has 0 unspecified atom stereocenters. The van der Waals surface area contributed by atoms with Gasteiger partial charge in [0.1, 0.15) is 0 Å². The first-order valence-corrected chi connectivity index (χ1v) is 13.6. The third kappa shape index (κ3) is 5.76. The Hall–Kier alpha value is -2.93. The van der Waals surface area contributed by atoms with E-state index < -0.39 is 9.84 Å². The average Bonchev–Trinajstić information content (AvgIpc) is 3.52. The number of amides is 1. The van der Waals surface area contributed by atoms with Crippen molar-refractivity contribution in [1.29, 1.82) is 0 Å². The van der Waals surface area contributed by atoms with Crippen molar-refractivity contribution in [2.75, 3.05) is 6.54 Å². The summed E-state index contributed by atoms with van der Waals surface area (Å²) < 4.78 is 28.5. The number of carbonyl (C=O) groups is 1. The third-order valence-electron chi connectivity index (χ3n) is 6.12. The van der Waals surface area contributed by atoms with Gasteiger partial charge in [-0.15, -0.1) is 0 Å². The van der Waals surface area contributed by atoms with Crippen LogP contribution in [0.1, 0.15) is 53.9 Å². The summed E-state index contributed by atoms with van der Waals surface area (Å²) in [6.45, 7) is 7.58. The highest BCUT2D eigenvalue weighted by molar-refractivity contribution is 7.90. The molecule has 1 amide bonds. The number of nitrogens with zero attached hydrogens (tertiary/aromatic N) is 3. The first-order chi connectivity index (χ1) is 16.2. The summed E-state index contributed by atoms with van der Waals surface area (Å²) in [5.41, 5.74) is 3.11. The van der Waals surface area contributed by atoms with Gasteiger partial charge in [-0.05, 0) is 48.8 Å². The van der Waals surface area contributed by atoms with Crippen LogP contribution in [-0.2, 0) is 28.7 Å². The molecule has 0 saturated heterocycles. The Kier molecular flexibility index (Phi) is 7.22. The number of rotatable bonds is 10. The van der Waals surface area contributed by atoms with E-state index >= 15 is 0 Å². The van der Waals surface area contributed by atoms with Crippen LogP contribution < -0.4 is 0 Å². The molecule has 1 aliphatic rings. The normalized spacial score (nSPS) is 13.9. The number of carbonyl (C=O) groups excluding carboxylic acids is 1. The quantitative estimate of drug-likeness (QED) is 0.416. The molecule has 0 bridgehead atoms. The van der Waals surface area contributed by atoms with Gasteiger partial charge in [0.05, 0.1) is 24.2 Å². The fourth-order valence-electron chi connectivity index (χ4n) is 4.20. The van der Waals surface area contributed by atoms with Crippen molar-refractivity contribution in [2.24, 2.45) is 11.8 Å². The maximum atomic E-state index is 13.5. The Morgan fingerprint density at radius 1 is 1.09 bits per heavy atom. The number of sulfone groups is 1. The number of hydrogen-bond acceptors (Lipinski definition) is 4. The highest BCUT2D eigenvalue weighted by Gasteiger charge is 2.30. The maximum Gasteiger partial charge on any atom is 0.254 e. The number of hydrogen-bond donors (Lipinski definition) is 0. The smallest absolute Gasteiger partial charge is 0.254 e. The molecule has 4 rings (SSSR count). The molecule has 1 aliphatic carbocycles. The van der Waals surface area contributed by atoms with Gasteiger partial charge in [0.25, 0.3) is 5.91 Å². The highest BCUT2D eigenvalue weighted by atomic mass is 32.2. The van der Waals surface area contributed by atoms with Crippen LogP contribution in [0.2, 0.25) is 0 Å². The minimum atomic E-state index is -3.65. The Bertz CT molecular complexity index is 1250. The summed E-state index contributed by atoms with van der Waals surface area (Å²) in [5.74, 6) is 0.616. The van der Waals surface area contributed by atoms with E-state index in [4.69, 9.17) is 0 Å². The molecule has 0 spiro atoms. The predicted octanol–water partition coefficient (Wildman–Crippen LogP) is 4.87. The minimum Gasteiger partial charge on any atom is -0.332 e. The zero-order valence-electron chi connectivity index (χ0n) is 20.1. The lowest BCUT2D eigenvalue weighted by Gasteiger charge is -2.25. The second kappa shape index (κ2) is 10.1. The van der Waals surface area contributed by atoms with E-state index in [0.29, 0.717) is 31.1 Å². The lowest BCUT2D eigenvalue weighted by molar-refractivity contribution is 0.0729. The Labute approximate surface area is 202 Å². The Morgan fingerprint density at radius 2 is 1.76 bits per heavy atom. The van der Waals surface area contributed by atoms with E-state index in [2.05, 4.69) is 18.8 Å². The first kappa shape index (κ1) is 24.2. The van der Waals surface area contributed by atoms with Gasteiger partial charge < -0.3 is 9.47 Å². The van der Waals surface area contributed by atoms with Crippen molar-refractivity contribution in [2.45, 2.75) is 57.6 Å². The van der Waals surface area contributed by atoms with Crippen molar-refractivity contribution >= 4 is 15.7 Å². The molecule has 0 radical (unpaired) electrons. The number of imidazole rings is 1. The number of aromatic nitrogens is 2. The summed E-state index contributed by atoms with van der Waals surface area (Å²) >= 11 is 0. The van der Waals surface area contributed by atoms with E-state index in [1.165, 1.54) is 0 Å². The van der Waals surface area contributed by atoms with E-state index in [1.807, 2.05) is 66.4 Å². The number of aryl methyl sites for hydroxylation is 1. The van der Waals surface area contributed by atoms with E-state index in [1.54, 1.807) is 10.8 Å². The molecule has 1 aromatic heterocycles. The van der Waals surface area contributed by atoms with Crippen LogP contribution in [0.15, 0.2) is 66.0 Å². The van der Waals surface area contributed by atoms with Gasteiger partial charge in [0.15, 0.2) is 0 Å². The monoisotopic (exact) mass is 479 g/mol. The van der Waals surface area contributed by atoms with Crippen LogP contribution in [0.3, 0.4) is 0 Å². The van der Waals surface area contributed by atoms with Crippen LogP contribution >= 0.6 is 0 Å². The van der Waals surface area contributed by atoms with Crippen LogP contribution in [0.5, 0.6) is 0 Å². The van der Waals surface area contributed by atoms with Crippen molar-refractivity contribution in [1.82, 2.24) is 14.5 Å². The molecule has 1 fully saturated rings. The molecule has 0 N–H and O–H groups in total. The minimum absolute atomic E-state index is 0.0176. The molecular formula is C27H33N3O3S. The standard InChI is InChI=1S/C27H33N3O3S/c1-20(2)16-30-24(15-28-27(30)34(32,33)19-23-10-5-4-6-11-23)18-29(17-22-13-14-22)26(31)25-12-8-7-9-21(25)3/h4-12,15,20,22H,13-14,16-19H2,1-3H3. The van der Waals surface area contributed by atoms with E-state index in [0.717, 1.165) is 29.7 Å². The summed E-state index contributed by atoms with van der Waals surface area (Å²) in [7, 11) is -3.65. The van der Waals surface area contributed by atoms with Gasteiger partial charge in [-0.3, -0.25) is 4.79 Å². The first-order valence-electron chi connectivity index (χ1n) is 11.9. The lowest BCUT2D eigenvalue weighted by Crippen LogP contribution is -2.34. The largest absolute Gasteiger partial charge is 0.332 e. The van der Waals surface area contributed by atoms with E-state index in [9.17, 15) is 13.2 Å². The predicted molar refractivity (Wildman–Crippen MR) is 133 cm³/mol. The summed E-state index contributed by atoms with van der Waals surface area (Å²) in [6, 6.07) is 16.8. The SMILES string of the molecule is Cc1ccccc1C(=O)N(Cc1cnc(S(=O)(=O)Cc2ccccc2)n1CC(C)C)CC1CC1. The molecule has 1 saturated carbocycles. The molecule has 2 aromatic carbocycles. The van der Waals surface area contributed by atoms with Gasteiger partial charge in [0.2, 0.25) is 15.0 Å². The highest BCUT2D eigenvalue weighted by Crippen LogP contribution is 2.31. The molecule has 7 heteroatoms. The second-order valence-corrected chi connectivity index (χ2v) is 11.6. The summed E-state index contributed by atoms with van der Waals surface area (Å²) in [4.78, 5) is 19.7. The van der Waals surface area contributed by atoms with Crippen LogP contribution in [0, 0.1) is 18.8 Å². The van der Waals surface area contributed by atoms with Gasteiger partial charge in [0, 0.05) is 18.7 Å². The van der Waals surface area contributed by atoms with Crippen molar-refractivity contribution in [3.63, 3.8) is 0 Å². The van der Waals surface area contributed by atoms with E-state index in [-0.39, 0.29) is 22.7 Å². The Balaban J connectivity index is 1.66. The zero-order valence-corrected chi connectivity index (χ0v) is 21.0. The summed E-state index contributed by atoms with van der Waals surface area (Å²) in [6.07, 6.45) is 3.88. The second-order valence-electron chi connectivity index (χ2n) is 9.73. The molecular weight excluding hydrogens is 446 g/mol. The molecule has 3 aromatic rings. The van der Waals surface area contributed by atoms with Crippen LogP contribution in [0.25, 0.3) is 0 Å². The van der Waals surface area contributed by atoms with Crippen molar-refractivity contribution < 1.29 is 13.2 Å². The fourth-order valence-corrected chi connectivity index (χ4v) is 5.70. The van der Waals surface area contributed by atoms with Crippen molar-refractivity contribution in [3.05, 3.63) is 83.2 Å². The molecule has 34 heavy (non-hydrogen) atoms. The molecule has 1 heterocycles. The Morgan fingerprint density at radius 3 is 2.41 bits per heavy atom. The summed E-state index contributed by atoms with van der Waals surface area (Å²) in [5, 5.41) is 0.0785.